The van der Waals surface area contributed by atoms with E-state index >= 15 is 0 Å². The molecule has 0 saturated carbocycles. The molecular formula is C15H20INO. The molecule has 0 aromatic heterocycles. The molecule has 1 aromatic carbocycles. The van der Waals surface area contributed by atoms with Crippen molar-refractivity contribution in [1.29, 1.82) is 0 Å². The van der Waals surface area contributed by atoms with E-state index in [1.165, 1.54) is 9.13 Å². The Bertz CT molecular complexity index is 417. The van der Waals surface area contributed by atoms with E-state index in [4.69, 9.17) is 4.74 Å². The zero-order valence-electron chi connectivity index (χ0n) is 10.8. The van der Waals surface area contributed by atoms with E-state index in [-0.39, 0.29) is 6.04 Å². The minimum atomic E-state index is 0.208. The van der Waals surface area contributed by atoms with Crippen molar-refractivity contribution in [2.24, 2.45) is 0 Å². The molecule has 1 aliphatic heterocycles. The molecule has 1 heterocycles. The zero-order valence-corrected chi connectivity index (χ0v) is 12.9. The number of hydrogen-bond donors (Lipinski definition) is 1. The van der Waals surface area contributed by atoms with E-state index in [1.807, 2.05) is 0 Å². The number of allylic oxidation sites excluding steroid dienone is 1. The Morgan fingerprint density at radius 3 is 3.00 bits per heavy atom. The molecule has 2 rings (SSSR count). The van der Waals surface area contributed by atoms with Crippen LogP contribution >= 0.6 is 22.6 Å². The van der Waals surface area contributed by atoms with Crippen LogP contribution < -0.4 is 5.32 Å². The van der Waals surface area contributed by atoms with Crippen molar-refractivity contribution < 1.29 is 4.74 Å². The first kappa shape index (κ1) is 13.9. The summed E-state index contributed by atoms with van der Waals surface area (Å²) in [7, 11) is 0. The molecule has 1 aromatic rings. The fourth-order valence-corrected chi connectivity index (χ4v) is 2.70. The van der Waals surface area contributed by atoms with Gasteiger partial charge in [-0.3, -0.25) is 0 Å². The molecule has 0 spiro atoms. The van der Waals surface area contributed by atoms with Crippen LogP contribution in [0.3, 0.4) is 0 Å². The number of rotatable bonds is 5. The second kappa shape index (κ2) is 7.14. The lowest BCUT2D eigenvalue weighted by Gasteiger charge is -2.25. The maximum Gasteiger partial charge on any atom is 0.113 e. The molecule has 98 valence electrons. The normalized spacial score (nSPS) is 16.9. The van der Waals surface area contributed by atoms with Gasteiger partial charge in [0.1, 0.15) is 5.76 Å². The van der Waals surface area contributed by atoms with Gasteiger partial charge in [0.25, 0.3) is 0 Å². The zero-order chi connectivity index (χ0) is 12.8. The minimum absolute atomic E-state index is 0.208. The summed E-state index contributed by atoms with van der Waals surface area (Å²) in [6.07, 6.45) is 5.63. The van der Waals surface area contributed by atoms with Crippen LogP contribution in [-0.2, 0) is 4.74 Å². The van der Waals surface area contributed by atoms with Gasteiger partial charge in [-0.25, -0.2) is 0 Å². The standard InChI is InChI=1S/C15H20INO/c1-2-9-17-15(14-8-3-4-10-18-14)12-6-5-7-13(16)11-12/h5-8,11,15,17H,2-4,9-10H2,1H3. The number of hydrogen-bond acceptors (Lipinski definition) is 2. The summed E-state index contributed by atoms with van der Waals surface area (Å²) in [5.74, 6) is 1.09. The summed E-state index contributed by atoms with van der Waals surface area (Å²) in [5.41, 5.74) is 1.29. The van der Waals surface area contributed by atoms with E-state index in [2.05, 4.69) is 65.2 Å². The van der Waals surface area contributed by atoms with E-state index in [0.29, 0.717) is 0 Å². The summed E-state index contributed by atoms with van der Waals surface area (Å²) < 4.78 is 7.10. The summed E-state index contributed by atoms with van der Waals surface area (Å²) in [4.78, 5) is 0. The Morgan fingerprint density at radius 2 is 2.33 bits per heavy atom. The van der Waals surface area contributed by atoms with E-state index < -0.39 is 0 Å². The van der Waals surface area contributed by atoms with Crippen LogP contribution in [0.2, 0.25) is 0 Å². The molecule has 0 saturated heterocycles. The summed E-state index contributed by atoms with van der Waals surface area (Å²) in [5, 5.41) is 3.59. The summed E-state index contributed by atoms with van der Waals surface area (Å²) in [6.45, 7) is 4.05. The maximum absolute atomic E-state index is 5.83. The number of ether oxygens (including phenoxy) is 1. The van der Waals surface area contributed by atoms with Crippen molar-refractivity contribution in [2.75, 3.05) is 13.2 Å². The second-order valence-electron chi connectivity index (χ2n) is 4.54. The molecular weight excluding hydrogens is 337 g/mol. The van der Waals surface area contributed by atoms with Gasteiger partial charge in [0.05, 0.1) is 12.6 Å². The van der Waals surface area contributed by atoms with Gasteiger partial charge in [-0.05, 0) is 72.2 Å². The average Bonchev–Trinajstić information content (AvgIpc) is 2.40. The first-order chi connectivity index (χ1) is 8.81. The van der Waals surface area contributed by atoms with E-state index in [9.17, 15) is 0 Å². The third kappa shape index (κ3) is 3.72. The van der Waals surface area contributed by atoms with Gasteiger partial charge in [-0.1, -0.05) is 19.1 Å². The lowest BCUT2D eigenvalue weighted by atomic mass is 10.0. The second-order valence-corrected chi connectivity index (χ2v) is 5.78. The summed E-state index contributed by atoms with van der Waals surface area (Å²) >= 11 is 2.36. The van der Waals surface area contributed by atoms with Crippen LogP contribution in [-0.4, -0.2) is 13.2 Å². The maximum atomic E-state index is 5.83. The SMILES string of the molecule is CCCNC(C1=CCCCO1)c1cccc(I)c1. The molecule has 0 bridgehead atoms. The fourth-order valence-electron chi connectivity index (χ4n) is 2.14. The van der Waals surface area contributed by atoms with Gasteiger partial charge in [0.2, 0.25) is 0 Å². The molecule has 0 amide bonds. The van der Waals surface area contributed by atoms with Gasteiger partial charge in [0.15, 0.2) is 0 Å². The van der Waals surface area contributed by atoms with Crippen LogP contribution in [0.25, 0.3) is 0 Å². The van der Waals surface area contributed by atoms with E-state index in [0.717, 1.165) is 38.2 Å². The lowest BCUT2D eigenvalue weighted by Crippen LogP contribution is -2.26. The highest BCUT2D eigenvalue weighted by atomic mass is 127. The van der Waals surface area contributed by atoms with Crippen molar-refractivity contribution in [2.45, 2.75) is 32.2 Å². The molecule has 3 heteroatoms. The predicted octanol–water partition coefficient (Wildman–Crippen LogP) is 4.03. The quantitative estimate of drug-likeness (QED) is 0.804. The molecule has 1 unspecified atom stereocenters. The highest BCUT2D eigenvalue weighted by Crippen LogP contribution is 2.27. The molecule has 0 fully saturated rings. The number of nitrogens with one attached hydrogen (secondary N) is 1. The Kier molecular flexibility index (Phi) is 5.50. The van der Waals surface area contributed by atoms with Crippen LogP contribution in [0.5, 0.6) is 0 Å². The van der Waals surface area contributed by atoms with Crippen molar-refractivity contribution >= 4 is 22.6 Å². The van der Waals surface area contributed by atoms with Gasteiger partial charge >= 0.3 is 0 Å². The topological polar surface area (TPSA) is 21.3 Å². The van der Waals surface area contributed by atoms with Crippen molar-refractivity contribution in [3.63, 3.8) is 0 Å². The Balaban J connectivity index is 2.21. The largest absolute Gasteiger partial charge is 0.496 e. The van der Waals surface area contributed by atoms with Crippen molar-refractivity contribution in [3.8, 4) is 0 Å². The Labute approximate surface area is 123 Å². The monoisotopic (exact) mass is 357 g/mol. The Morgan fingerprint density at radius 1 is 1.44 bits per heavy atom. The highest BCUT2D eigenvalue weighted by Gasteiger charge is 2.19. The first-order valence-electron chi connectivity index (χ1n) is 6.63. The molecule has 0 aliphatic carbocycles. The van der Waals surface area contributed by atoms with E-state index in [1.54, 1.807) is 0 Å². The molecule has 18 heavy (non-hydrogen) atoms. The highest BCUT2D eigenvalue weighted by molar-refractivity contribution is 14.1. The third-order valence-electron chi connectivity index (χ3n) is 3.03. The molecule has 2 nitrogen and oxygen atoms in total. The van der Waals surface area contributed by atoms with Crippen molar-refractivity contribution in [1.82, 2.24) is 5.32 Å². The lowest BCUT2D eigenvalue weighted by molar-refractivity contribution is 0.167. The van der Waals surface area contributed by atoms with Crippen LogP contribution in [0.4, 0.5) is 0 Å². The number of benzene rings is 1. The number of halogens is 1. The summed E-state index contributed by atoms with van der Waals surface area (Å²) in [6, 6.07) is 8.85. The first-order valence-corrected chi connectivity index (χ1v) is 7.71. The fraction of sp³-hybridized carbons (Fsp3) is 0.467. The smallest absolute Gasteiger partial charge is 0.113 e. The van der Waals surface area contributed by atoms with Gasteiger partial charge in [-0.2, -0.15) is 0 Å². The minimum Gasteiger partial charge on any atom is -0.496 e. The molecule has 0 radical (unpaired) electrons. The molecule has 1 aliphatic rings. The van der Waals surface area contributed by atoms with Crippen molar-refractivity contribution in [3.05, 3.63) is 45.2 Å². The predicted molar refractivity (Wildman–Crippen MR) is 83.5 cm³/mol. The van der Waals surface area contributed by atoms with Gasteiger partial charge in [-0.15, -0.1) is 0 Å². The third-order valence-corrected chi connectivity index (χ3v) is 3.70. The Hall–Kier alpha value is -0.550. The van der Waals surface area contributed by atoms with Crippen LogP contribution in [0.1, 0.15) is 37.8 Å². The van der Waals surface area contributed by atoms with Gasteiger partial charge in [0, 0.05) is 3.57 Å². The average molecular weight is 357 g/mol. The van der Waals surface area contributed by atoms with Gasteiger partial charge < -0.3 is 10.1 Å². The van der Waals surface area contributed by atoms with Crippen LogP contribution in [0.15, 0.2) is 36.1 Å². The molecule has 1 atom stereocenters. The van der Waals surface area contributed by atoms with Crippen LogP contribution in [0, 0.1) is 3.57 Å². The molecule has 1 N–H and O–H groups in total.